The smallest absolute Gasteiger partial charge is 0.361 e. The predicted octanol–water partition coefficient (Wildman–Crippen LogP) is 5.53. The van der Waals surface area contributed by atoms with E-state index in [1.165, 1.54) is 0 Å². The molecule has 8 heteroatoms. The normalized spacial score (nSPS) is 18.5. The molecule has 1 aliphatic heterocycles. The van der Waals surface area contributed by atoms with Crippen molar-refractivity contribution in [2.45, 2.75) is 6.10 Å². The summed E-state index contributed by atoms with van der Waals surface area (Å²) >= 11 is 11.8. The topological polar surface area (TPSA) is 75.1 Å². The molecule has 1 saturated heterocycles. The molecule has 0 radical (unpaired) electrons. The van der Waals surface area contributed by atoms with Gasteiger partial charge in [0.25, 0.3) is 0 Å². The first-order valence-electron chi connectivity index (χ1n) is 9.05. The number of nitrogens with zero attached hydrogens (tertiary/aromatic N) is 2. The van der Waals surface area contributed by atoms with Crippen LogP contribution in [0.25, 0.3) is 0 Å². The van der Waals surface area contributed by atoms with Crippen LogP contribution in [0, 0.1) is 0 Å². The van der Waals surface area contributed by atoms with Gasteiger partial charge in [0.2, 0.25) is 0 Å². The maximum atomic E-state index is 12.6. The molecule has 0 aromatic heterocycles. The number of carbonyl (C=O) groups is 1. The lowest BCUT2D eigenvalue weighted by Gasteiger charge is -2.10. The molecular formula is C22H16Cl2N4O2. The third kappa shape index (κ3) is 4.62. The third-order valence-corrected chi connectivity index (χ3v) is 4.81. The summed E-state index contributed by atoms with van der Waals surface area (Å²) in [4.78, 5) is 12.6. The van der Waals surface area contributed by atoms with Gasteiger partial charge < -0.3 is 4.74 Å². The van der Waals surface area contributed by atoms with E-state index in [0.717, 1.165) is 5.56 Å². The van der Waals surface area contributed by atoms with Gasteiger partial charge in [-0.05, 0) is 54.1 Å². The molecule has 1 heterocycles. The summed E-state index contributed by atoms with van der Waals surface area (Å²) in [6.45, 7) is 0. The van der Waals surface area contributed by atoms with Crippen LogP contribution < -0.4 is 10.9 Å². The van der Waals surface area contributed by atoms with E-state index in [9.17, 15) is 4.79 Å². The van der Waals surface area contributed by atoms with Crippen molar-refractivity contribution in [1.29, 1.82) is 0 Å². The van der Waals surface area contributed by atoms with Crippen LogP contribution in [0.4, 0.5) is 11.4 Å². The Kier molecular flexibility index (Phi) is 5.97. The highest BCUT2D eigenvalue weighted by atomic mass is 35.5. The molecule has 0 aliphatic carbocycles. The van der Waals surface area contributed by atoms with Crippen molar-refractivity contribution in [2.24, 2.45) is 10.2 Å². The summed E-state index contributed by atoms with van der Waals surface area (Å²) in [6.07, 6.45) is -0.677. The Morgan fingerprint density at radius 2 is 1.27 bits per heavy atom. The summed E-state index contributed by atoms with van der Waals surface area (Å²) in [5.41, 5.74) is 8.42. The Labute approximate surface area is 183 Å². The van der Waals surface area contributed by atoms with E-state index in [1.807, 2.05) is 30.3 Å². The second-order valence-electron chi connectivity index (χ2n) is 6.39. The fourth-order valence-corrected chi connectivity index (χ4v) is 3.06. The van der Waals surface area contributed by atoms with Crippen molar-refractivity contribution < 1.29 is 9.53 Å². The molecule has 0 amide bonds. The second kappa shape index (κ2) is 8.98. The van der Waals surface area contributed by atoms with Crippen molar-refractivity contribution in [3.05, 3.63) is 94.5 Å². The fraction of sp³-hybridized carbons (Fsp3) is 0.0455. The first-order chi connectivity index (χ1) is 14.6. The monoisotopic (exact) mass is 438 g/mol. The standard InChI is InChI=1S/C22H16Cl2N4O2/c23-15-6-10-17(11-7-15)25-27-19-20(28-26-18-12-8-16(24)9-13-18)22(29)30-21(19)14-4-2-1-3-5-14/h1-13,21,25-26H/b27-19-,28-20-. The van der Waals surface area contributed by atoms with Gasteiger partial charge >= 0.3 is 5.97 Å². The maximum absolute atomic E-state index is 12.6. The molecule has 150 valence electrons. The number of ether oxygens (including phenoxy) is 1. The maximum Gasteiger partial charge on any atom is 0.361 e. The van der Waals surface area contributed by atoms with Gasteiger partial charge in [0.05, 0.1) is 11.4 Å². The van der Waals surface area contributed by atoms with Gasteiger partial charge in [-0.3, -0.25) is 10.9 Å². The Balaban J connectivity index is 1.66. The number of halogens is 2. The van der Waals surface area contributed by atoms with Crippen LogP contribution in [0.5, 0.6) is 0 Å². The van der Waals surface area contributed by atoms with E-state index >= 15 is 0 Å². The van der Waals surface area contributed by atoms with Gasteiger partial charge in [-0.1, -0.05) is 53.5 Å². The second-order valence-corrected chi connectivity index (χ2v) is 7.26. The van der Waals surface area contributed by atoms with Crippen LogP contribution in [0.15, 0.2) is 89.1 Å². The lowest BCUT2D eigenvalue weighted by molar-refractivity contribution is -0.136. The van der Waals surface area contributed by atoms with E-state index in [4.69, 9.17) is 27.9 Å². The molecule has 3 aromatic rings. The highest BCUT2D eigenvalue weighted by Crippen LogP contribution is 2.27. The number of anilines is 2. The van der Waals surface area contributed by atoms with Crippen molar-refractivity contribution >= 4 is 52.0 Å². The molecular weight excluding hydrogens is 423 g/mol. The van der Waals surface area contributed by atoms with E-state index in [-0.39, 0.29) is 5.71 Å². The van der Waals surface area contributed by atoms with Crippen LogP contribution in [-0.4, -0.2) is 17.4 Å². The summed E-state index contributed by atoms with van der Waals surface area (Å²) in [5.74, 6) is -0.568. The lowest BCUT2D eigenvalue weighted by atomic mass is 10.0. The lowest BCUT2D eigenvalue weighted by Crippen LogP contribution is -2.20. The number of rotatable bonds is 5. The molecule has 6 nitrogen and oxygen atoms in total. The van der Waals surface area contributed by atoms with Crippen molar-refractivity contribution in [1.82, 2.24) is 0 Å². The van der Waals surface area contributed by atoms with Gasteiger partial charge in [-0.15, -0.1) is 0 Å². The Morgan fingerprint density at radius 1 is 0.733 bits per heavy atom. The summed E-state index contributed by atoms with van der Waals surface area (Å²) in [6, 6.07) is 23.4. The number of nitrogens with one attached hydrogen (secondary N) is 2. The Hall–Kier alpha value is -3.35. The van der Waals surface area contributed by atoms with Crippen molar-refractivity contribution in [3.8, 4) is 0 Å². The first kappa shape index (κ1) is 19.9. The number of hydrogen-bond donors (Lipinski definition) is 2. The molecule has 1 fully saturated rings. The van der Waals surface area contributed by atoms with E-state index in [0.29, 0.717) is 27.1 Å². The fourth-order valence-electron chi connectivity index (χ4n) is 2.81. The predicted molar refractivity (Wildman–Crippen MR) is 120 cm³/mol. The van der Waals surface area contributed by atoms with Crippen LogP contribution in [-0.2, 0) is 9.53 Å². The minimum Gasteiger partial charge on any atom is -0.446 e. The zero-order chi connectivity index (χ0) is 20.9. The molecule has 0 spiro atoms. The molecule has 1 aliphatic rings. The quantitative estimate of drug-likeness (QED) is 0.405. The van der Waals surface area contributed by atoms with Crippen LogP contribution in [0.1, 0.15) is 11.7 Å². The molecule has 4 rings (SSSR count). The van der Waals surface area contributed by atoms with Crippen LogP contribution in [0.3, 0.4) is 0 Å². The first-order valence-corrected chi connectivity index (χ1v) is 9.80. The third-order valence-electron chi connectivity index (χ3n) is 4.30. The molecule has 1 unspecified atom stereocenters. The van der Waals surface area contributed by atoms with Gasteiger partial charge in [-0.2, -0.15) is 10.2 Å². The van der Waals surface area contributed by atoms with Gasteiger partial charge in [0.1, 0.15) is 5.71 Å². The average molecular weight is 439 g/mol. The molecule has 2 N–H and O–H groups in total. The molecule has 30 heavy (non-hydrogen) atoms. The Bertz CT molecular complexity index is 1100. The van der Waals surface area contributed by atoms with Crippen LogP contribution >= 0.6 is 23.2 Å². The summed E-state index contributed by atoms with van der Waals surface area (Å²) in [7, 11) is 0. The molecule has 0 saturated carbocycles. The van der Waals surface area contributed by atoms with E-state index in [2.05, 4.69) is 21.1 Å². The summed E-state index contributed by atoms with van der Waals surface area (Å²) < 4.78 is 5.56. The number of benzene rings is 3. The minimum atomic E-state index is -0.677. The van der Waals surface area contributed by atoms with Crippen molar-refractivity contribution in [3.63, 3.8) is 0 Å². The van der Waals surface area contributed by atoms with E-state index < -0.39 is 12.1 Å². The number of hydrogen-bond acceptors (Lipinski definition) is 6. The number of cyclic esters (lactones) is 1. The van der Waals surface area contributed by atoms with E-state index in [1.54, 1.807) is 48.5 Å². The minimum absolute atomic E-state index is 0.0836. The average Bonchev–Trinajstić information content (AvgIpc) is 3.09. The number of esters is 1. The highest BCUT2D eigenvalue weighted by Gasteiger charge is 2.39. The molecule has 0 bridgehead atoms. The highest BCUT2D eigenvalue weighted by molar-refractivity contribution is 6.69. The molecule has 3 aromatic carbocycles. The number of hydrazone groups is 2. The Morgan fingerprint density at radius 3 is 1.83 bits per heavy atom. The largest absolute Gasteiger partial charge is 0.446 e. The zero-order valence-electron chi connectivity index (χ0n) is 15.5. The van der Waals surface area contributed by atoms with Gasteiger partial charge in [-0.25, -0.2) is 4.79 Å². The van der Waals surface area contributed by atoms with Gasteiger partial charge in [0.15, 0.2) is 11.8 Å². The van der Waals surface area contributed by atoms with Crippen LogP contribution in [0.2, 0.25) is 10.0 Å². The molecule has 1 atom stereocenters. The SMILES string of the molecule is O=C1OC(c2ccccc2)C(=N\Nc2ccc(Cl)cc2)/C1=N/Nc1ccc(Cl)cc1. The van der Waals surface area contributed by atoms with Gasteiger partial charge in [0, 0.05) is 10.0 Å². The zero-order valence-corrected chi connectivity index (χ0v) is 17.1. The summed E-state index contributed by atoms with van der Waals surface area (Å²) in [5, 5.41) is 9.89. The van der Waals surface area contributed by atoms with Crippen molar-refractivity contribution in [2.75, 3.05) is 10.9 Å². The number of carbonyl (C=O) groups excluding carboxylic acids is 1.